The van der Waals surface area contributed by atoms with Gasteiger partial charge in [-0.2, -0.15) is 0 Å². The molecule has 1 aliphatic rings. The van der Waals surface area contributed by atoms with Gasteiger partial charge in [0.2, 0.25) is 0 Å². The van der Waals surface area contributed by atoms with Crippen molar-refractivity contribution in [2.45, 2.75) is 59.9 Å². The van der Waals surface area contributed by atoms with Crippen LogP contribution >= 0.6 is 12.2 Å². The van der Waals surface area contributed by atoms with E-state index in [1.807, 2.05) is 13.1 Å². The molecule has 0 saturated heterocycles. The van der Waals surface area contributed by atoms with Crippen molar-refractivity contribution in [2.75, 3.05) is 27.1 Å². The summed E-state index contributed by atoms with van der Waals surface area (Å²) in [5, 5.41) is 0. The molecule has 0 saturated carbocycles. The lowest BCUT2D eigenvalue weighted by Crippen LogP contribution is -2.46. The summed E-state index contributed by atoms with van der Waals surface area (Å²) in [5.41, 5.74) is 11.4. The number of benzene rings is 1. The van der Waals surface area contributed by atoms with E-state index in [1.54, 1.807) is 7.11 Å². The highest BCUT2D eigenvalue weighted by atomic mass is 32.1. The standard InChI is InChI=1S/C24H36N4O2S/c1-16-11-19(17(2)10-18(16)8-9-30-15-29-7)12-21(31)28-22(25)24(6)14-26-20(13-27-24)23(3,4)5/h10-11,13H,8-9,12,14-15H2,1-7H3,(H2,25,28,31). The van der Waals surface area contributed by atoms with Crippen LogP contribution in [-0.2, 0) is 22.3 Å². The third-order valence-electron chi connectivity index (χ3n) is 5.45. The van der Waals surface area contributed by atoms with Gasteiger partial charge in [0.05, 0.1) is 18.9 Å². The van der Waals surface area contributed by atoms with E-state index < -0.39 is 5.54 Å². The Hall–Kier alpha value is -1.96. The van der Waals surface area contributed by atoms with Crippen LogP contribution in [0.1, 0.15) is 49.9 Å². The Kier molecular flexibility index (Phi) is 8.63. The second-order valence-corrected chi connectivity index (χ2v) is 9.79. The molecular formula is C24H36N4O2S. The molecule has 2 rings (SSSR count). The Labute approximate surface area is 192 Å². The minimum absolute atomic E-state index is 0.0382. The maximum Gasteiger partial charge on any atom is 0.146 e. The van der Waals surface area contributed by atoms with Crippen LogP contribution in [0.4, 0.5) is 0 Å². The molecule has 1 aliphatic heterocycles. The van der Waals surface area contributed by atoms with Gasteiger partial charge in [-0.05, 0) is 49.4 Å². The number of hydrogen-bond donors (Lipinski definition) is 1. The van der Waals surface area contributed by atoms with Crippen LogP contribution in [0, 0.1) is 19.3 Å². The number of hydrogen-bond acceptors (Lipinski definition) is 5. The van der Waals surface area contributed by atoms with Crippen molar-refractivity contribution >= 4 is 35.0 Å². The van der Waals surface area contributed by atoms with Gasteiger partial charge in [-0.15, -0.1) is 0 Å². The smallest absolute Gasteiger partial charge is 0.146 e. The lowest BCUT2D eigenvalue weighted by Gasteiger charge is -2.29. The number of nitrogens with zero attached hydrogens (tertiary/aromatic N) is 3. The molecule has 0 aliphatic carbocycles. The van der Waals surface area contributed by atoms with Gasteiger partial charge in [0.1, 0.15) is 23.2 Å². The summed E-state index contributed by atoms with van der Waals surface area (Å²) in [6.45, 7) is 13.9. The maximum atomic E-state index is 6.32. The van der Waals surface area contributed by atoms with Gasteiger partial charge >= 0.3 is 0 Å². The second kappa shape index (κ2) is 10.6. The molecular weight excluding hydrogens is 408 g/mol. The van der Waals surface area contributed by atoms with E-state index in [2.05, 4.69) is 61.7 Å². The molecule has 0 spiro atoms. The largest absolute Gasteiger partial charge is 0.385 e. The van der Waals surface area contributed by atoms with Crippen molar-refractivity contribution in [3.63, 3.8) is 0 Å². The molecule has 0 bridgehead atoms. The summed E-state index contributed by atoms with van der Waals surface area (Å²) in [4.78, 5) is 14.4. The van der Waals surface area contributed by atoms with Crippen LogP contribution in [0.3, 0.4) is 0 Å². The highest BCUT2D eigenvalue weighted by molar-refractivity contribution is 7.80. The van der Waals surface area contributed by atoms with Gasteiger partial charge in [0.25, 0.3) is 0 Å². The van der Waals surface area contributed by atoms with Gasteiger partial charge < -0.3 is 15.2 Å². The SMILES string of the molecule is COCOCCc1cc(C)c(CC(=S)N=C(N)C2(C)CN=C(C(C)(C)C)C=N2)cc1C. The van der Waals surface area contributed by atoms with Crippen molar-refractivity contribution in [1.29, 1.82) is 0 Å². The summed E-state index contributed by atoms with van der Waals surface area (Å²) in [7, 11) is 1.62. The lowest BCUT2D eigenvalue weighted by molar-refractivity contribution is -0.0291. The predicted octanol–water partition coefficient (Wildman–Crippen LogP) is 4.02. The summed E-state index contributed by atoms with van der Waals surface area (Å²) in [5.74, 6) is 0.409. The van der Waals surface area contributed by atoms with Crippen molar-refractivity contribution in [3.8, 4) is 0 Å². The molecule has 170 valence electrons. The summed E-state index contributed by atoms with van der Waals surface area (Å²) in [6, 6.07) is 4.38. The van der Waals surface area contributed by atoms with E-state index in [1.165, 1.54) is 16.7 Å². The first-order valence-corrected chi connectivity index (χ1v) is 11.0. The Balaban J connectivity index is 2.06. The Bertz CT molecular complexity index is 900. The Morgan fingerprint density at radius 3 is 2.45 bits per heavy atom. The zero-order valence-electron chi connectivity index (χ0n) is 19.9. The summed E-state index contributed by atoms with van der Waals surface area (Å²) in [6.07, 6.45) is 3.23. The molecule has 2 N–H and O–H groups in total. The second-order valence-electron chi connectivity index (χ2n) is 9.32. The average molecular weight is 445 g/mol. The molecule has 7 heteroatoms. The molecule has 1 aromatic carbocycles. The number of rotatable bonds is 8. The van der Waals surface area contributed by atoms with Crippen LogP contribution in [0.5, 0.6) is 0 Å². The van der Waals surface area contributed by atoms with Crippen LogP contribution in [-0.4, -0.2) is 55.3 Å². The Morgan fingerprint density at radius 1 is 1.23 bits per heavy atom. The third-order valence-corrected chi connectivity index (χ3v) is 5.68. The van der Waals surface area contributed by atoms with E-state index in [0.29, 0.717) is 37.2 Å². The number of aryl methyl sites for hydroxylation is 2. The van der Waals surface area contributed by atoms with Crippen LogP contribution in [0.25, 0.3) is 0 Å². The molecule has 1 aromatic rings. The highest BCUT2D eigenvalue weighted by Gasteiger charge is 2.32. The number of thiocarbonyl (C=S) groups is 1. The van der Waals surface area contributed by atoms with Crippen molar-refractivity contribution in [1.82, 2.24) is 0 Å². The quantitative estimate of drug-likeness (QED) is 0.216. The van der Waals surface area contributed by atoms with E-state index in [9.17, 15) is 0 Å². The minimum atomic E-state index is -0.657. The first kappa shape index (κ1) is 25.3. The average Bonchev–Trinajstić information content (AvgIpc) is 2.68. The fourth-order valence-corrected chi connectivity index (χ4v) is 3.53. The maximum absolute atomic E-state index is 6.32. The van der Waals surface area contributed by atoms with Crippen molar-refractivity contribution in [2.24, 2.45) is 26.1 Å². The molecule has 1 heterocycles. The van der Waals surface area contributed by atoms with Crippen LogP contribution in [0.2, 0.25) is 0 Å². The van der Waals surface area contributed by atoms with Gasteiger partial charge in [0, 0.05) is 25.2 Å². The minimum Gasteiger partial charge on any atom is -0.385 e. The topological polar surface area (TPSA) is 81.6 Å². The molecule has 0 radical (unpaired) electrons. The zero-order valence-corrected chi connectivity index (χ0v) is 20.7. The Morgan fingerprint density at radius 2 is 1.87 bits per heavy atom. The molecule has 6 nitrogen and oxygen atoms in total. The fourth-order valence-electron chi connectivity index (χ4n) is 3.28. The lowest BCUT2D eigenvalue weighted by atomic mass is 9.88. The number of ether oxygens (including phenoxy) is 2. The number of nitrogens with two attached hydrogens (primary N) is 1. The van der Waals surface area contributed by atoms with E-state index in [0.717, 1.165) is 17.7 Å². The molecule has 0 fully saturated rings. The van der Waals surface area contributed by atoms with Crippen molar-refractivity contribution in [3.05, 3.63) is 34.4 Å². The highest BCUT2D eigenvalue weighted by Crippen LogP contribution is 2.22. The number of amidine groups is 1. The van der Waals surface area contributed by atoms with E-state index in [4.69, 9.17) is 27.4 Å². The molecule has 1 unspecified atom stereocenters. The van der Waals surface area contributed by atoms with E-state index in [-0.39, 0.29) is 5.41 Å². The van der Waals surface area contributed by atoms with Gasteiger partial charge in [-0.3, -0.25) is 9.98 Å². The molecule has 1 atom stereocenters. The zero-order chi connectivity index (χ0) is 23.2. The first-order valence-electron chi connectivity index (χ1n) is 10.6. The molecule has 0 aromatic heterocycles. The summed E-state index contributed by atoms with van der Waals surface area (Å²) < 4.78 is 10.3. The summed E-state index contributed by atoms with van der Waals surface area (Å²) >= 11 is 5.56. The normalized spacial score (nSPS) is 19.5. The molecule has 0 amide bonds. The van der Waals surface area contributed by atoms with Gasteiger partial charge in [-0.1, -0.05) is 45.1 Å². The third kappa shape index (κ3) is 7.02. The van der Waals surface area contributed by atoms with Crippen molar-refractivity contribution < 1.29 is 9.47 Å². The predicted molar refractivity (Wildman–Crippen MR) is 134 cm³/mol. The number of aliphatic imine (C=N–C) groups is 3. The fraction of sp³-hybridized carbons (Fsp3) is 0.583. The van der Waals surface area contributed by atoms with Gasteiger partial charge in [0.15, 0.2) is 0 Å². The molecule has 31 heavy (non-hydrogen) atoms. The van der Waals surface area contributed by atoms with Crippen LogP contribution in [0.15, 0.2) is 27.1 Å². The van der Waals surface area contributed by atoms with Gasteiger partial charge in [-0.25, -0.2) is 4.99 Å². The number of methoxy groups -OCH3 is 1. The van der Waals surface area contributed by atoms with Crippen LogP contribution < -0.4 is 5.73 Å². The van der Waals surface area contributed by atoms with E-state index >= 15 is 0 Å². The monoisotopic (exact) mass is 444 g/mol. The first-order chi connectivity index (χ1) is 14.5.